The Bertz CT molecular complexity index is 564. The fourth-order valence-corrected chi connectivity index (χ4v) is 3.08. The van der Waals surface area contributed by atoms with Crippen LogP contribution in [0.5, 0.6) is 0 Å². The number of carboxylic acids is 1. The number of nitrogens with zero attached hydrogens (tertiary/aromatic N) is 1. The van der Waals surface area contributed by atoms with Crippen molar-refractivity contribution in [2.45, 2.75) is 19.8 Å². The number of carboxylic acid groups (broad SMARTS) is 1. The average molecular weight is 358 g/mol. The molecule has 6 heteroatoms. The van der Waals surface area contributed by atoms with Gasteiger partial charge >= 0.3 is 5.97 Å². The van der Waals surface area contributed by atoms with Crippen molar-refractivity contribution in [2.75, 3.05) is 13.1 Å². The van der Waals surface area contributed by atoms with Crippen molar-refractivity contribution in [3.63, 3.8) is 0 Å². The van der Waals surface area contributed by atoms with Gasteiger partial charge in [0.05, 0.1) is 12.3 Å². The zero-order valence-corrected chi connectivity index (χ0v) is 13.3. The van der Waals surface area contributed by atoms with E-state index in [1.807, 2.05) is 6.92 Å². The van der Waals surface area contributed by atoms with Gasteiger partial charge in [-0.15, -0.1) is 0 Å². The SMILES string of the molecule is CC1CN(C(=O)Cc2cc(F)ccc2Br)CCC1C(=O)O. The van der Waals surface area contributed by atoms with Gasteiger partial charge in [0.1, 0.15) is 5.82 Å². The second kappa shape index (κ2) is 6.56. The summed E-state index contributed by atoms with van der Waals surface area (Å²) in [6.45, 7) is 2.71. The maximum absolute atomic E-state index is 13.2. The van der Waals surface area contributed by atoms with Gasteiger partial charge in [0.2, 0.25) is 5.91 Å². The van der Waals surface area contributed by atoms with E-state index in [4.69, 9.17) is 5.11 Å². The molecule has 1 N–H and O–H groups in total. The molecule has 114 valence electrons. The van der Waals surface area contributed by atoms with Crippen LogP contribution in [0.3, 0.4) is 0 Å². The van der Waals surface area contributed by atoms with E-state index in [-0.39, 0.29) is 24.1 Å². The molecule has 2 unspecified atom stereocenters. The first-order valence-electron chi connectivity index (χ1n) is 6.83. The fourth-order valence-electron chi connectivity index (χ4n) is 2.69. The third-order valence-electron chi connectivity index (χ3n) is 3.92. The summed E-state index contributed by atoms with van der Waals surface area (Å²) < 4.78 is 13.9. The summed E-state index contributed by atoms with van der Waals surface area (Å²) >= 11 is 3.31. The summed E-state index contributed by atoms with van der Waals surface area (Å²) in [5.74, 6) is -1.75. The molecule has 2 atom stereocenters. The van der Waals surface area contributed by atoms with Crippen molar-refractivity contribution in [2.24, 2.45) is 11.8 Å². The topological polar surface area (TPSA) is 57.6 Å². The molecular formula is C15H17BrFNO3. The van der Waals surface area contributed by atoms with E-state index in [0.29, 0.717) is 29.5 Å². The minimum Gasteiger partial charge on any atom is -0.481 e. The van der Waals surface area contributed by atoms with Crippen LogP contribution < -0.4 is 0 Å². The predicted molar refractivity (Wildman–Crippen MR) is 79.3 cm³/mol. The molecule has 0 saturated carbocycles. The molecule has 0 spiro atoms. The maximum atomic E-state index is 13.2. The quantitative estimate of drug-likeness (QED) is 0.904. The van der Waals surface area contributed by atoms with Crippen LogP contribution in [0.15, 0.2) is 22.7 Å². The van der Waals surface area contributed by atoms with Gasteiger partial charge < -0.3 is 10.0 Å². The first-order chi connectivity index (χ1) is 9.88. The van der Waals surface area contributed by atoms with Gasteiger partial charge in [-0.2, -0.15) is 0 Å². The molecule has 0 aromatic heterocycles. The second-order valence-electron chi connectivity index (χ2n) is 5.46. The van der Waals surface area contributed by atoms with Crippen LogP contribution in [-0.2, 0) is 16.0 Å². The van der Waals surface area contributed by atoms with E-state index in [9.17, 15) is 14.0 Å². The Morgan fingerprint density at radius 3 is 2.81 bits per heavy atom. The van der Waals surface area contributed by atoms with Crippen LogP contribution in [0, 0.1) is 17.7 Å². The number of aliphatic carboxylic acids is 1. The van der Waals surface area contributed by atoms with Crippen LogP contribution in [0.25, 0.3) is 0 Å². The van der Waals surface area contributed by atoms with Gasteiger partial charge in [-0.1, -0.05) is 22.9 Å². The number of carbonyl (C=O) groups excluding carboxylic acids is 1. The first kappa shape index (κ1) is 15.9. The number of hydrogen-bond donors (Lipinski definition) is 1. The minimum atomic E-state index is -0.803. The summed E-state index contributed by atoms with van der Waals surface area (Å²) in [5.41, 5.74) is 0.605. The lowest BCUT2D eigenvalue weighted by atomic mass is 9.87. The molecule has 1 aliphatic heterocycles. The standard InChI is InChI=1S/C15H17BrFNO3/c1-9-8-18(5-4-12(9)15(20)21)14(19)7-10-6-11(17)2-3-13(10)16/h2-3,6,9,12H,4-5,7-8H2,1H3,(H,20,21). The normalized spacial score (nSPS) is 22.1. The molecule has 1 amide bonds. The highest BCUT2D eigenvalue weighted by atomic mass is 79.9. The summed E-state index contributed by atoms with van der Waals surface area (Å²) in [5, 5.41) is 9.08. The number of carbonyl (C=O) groups is 2. The van der Waals surface area contributed by atoms with E-state index in [1.165, 1.54) is 12.1 Å². The molecule has 1 aromatic carbocycles. The molecule has 21 heavy (non-hydrogen) atoms. The zero-order valence-electron chi connectivity index (χ0n) is 11.7. The Hall–Kier alpha value is -1.43. The van der Waals surface area contributed by atoms with Crippen LogP contribution in [0.2, 0.25) is 0 Å². The van der Waals surface area contributed by atoms with Crippen molar-refractivity contribution in [1.82, 2.24) is 4.90 Å². The third-order valence-corrected chi connectivity index (χ3v) is 4.70. The van der Waals surface area contributed by atoms with Crippen molar-refractivity contribution < 1.29 is 19.1 Å². The largest absolute Gasteiger partial charge is 0.481 e. The number of halogens is 2. The summed E-state index contributed by atoms with van der Waals surface area (Å²) in [4.78, 5) is 25.0. The highest BCUT2D eigenvalue weighted by Gasteiger charge is 2.32. The molecule has 4 nitrogen and oxygen atoms in total. The molecule has 2 rings (SSSR count). The van der Waals surface area contributed by atoms with Crippen molar-refractivity contribution in [3.8, 4) is 0 Å². The van der Waals surface area contributed by atoms with Crippen molar-refractivity contribution >= 4 is 27.8 Å². The number of likely N-dealkylation sites (tertiary alicyclic amines) is 1. The van der Waals surface area contributed by atoms with Gasteiger partial charge in [-0.3, -0.25) is 9.59 Å². The Kier molecular flexibility index (Phi) is 4.98. The Balaban J connectivity index is 2.02. The van der Waals surface area contributed by atoms with E-state index >= 15 is 0 Å². The molecule has 0 bridgehead atoms. The van der Waals surface area contributed by atoms with Crippen LogP contribution in [-0.4, -0.2) is 35.0 Å². The van der Waals surface area contributed by atoms with Gasteiger partial charge in [-0.25, -0.2) is 4.39 Å². The van der Waals surface area contributed by atoms with E-state index in [2.05, 4.69) is 15.9 Å². The summed E-state index contributed by atoms with van der Waals surface area (Å²) in [6.07, 6.45) is 0.579. The van der Waals surface area contributed by atoms with E-state index in [0.717, 1.165) is 0 Å². The Morgan fingerprint density at radius 2 is 2.19 bits per heavy atom. The summed E-state index contributed by atoms with van der Waals surface area (Å²) in [6, 6.07) is 4.26. The van der Waals surface area contributed by atoms with Gasteiger partial charge in [0.15, 0.2) is 0 Å². The number of rotatable bonds is 3. The van der Waals surface area contributed by atoms with Crippen LogP contribution in [0.4, 0.5) is 4.39 Å². The number of piperidine rings is 1. The highest BCUT2D eigenvalue weighted by Crippen LogP contribution is 2.25. The lowest BCUT2D eigenvalue weighted by Gasteiger charge is -2.35. The maximum Gasteiger partial charge on any atom is 0.306 e. The fraction of sp³-hybridized carbons (Fsp3) is 0.467. The van der Waals surface area contributed by atoms with Crippen LogP contribution >= 0.6 is 15.9 Å². The van der Waals surface area contributed by atoms with Crippen molar-refractivity contribution in [1.29, 1.82) is 0 Å². The number of amides is 1. The molecule has 1 heterocycles. The summed E-state index contributed by atoms with van der Waals surface area (Å²) in [7, 11) is 0. The minimum absolute atomic E-state index is 0.0730. The zero-order chi connectivity index (χ0) is 15.6. The first-order valence-corrected chi connectivity index (χ1v) is 7.62. The van der Waals surface area contributed by atoms with Gasteiger partial charge in [-0.05, 0) is 36.1 Å². The number of hydrogen-bond acceptors (Lipinski definition) is 2. The molecule has 0 radical (unpaired) electrons. The average Bonchev–Trinajstić information content (AvgIpc) is 2.42. The highest BCUT2D eigenvalue weighted by molar-refractivity contribution is 9.10. The number of benzene rings is 1. The van der Waals surface area contributed by atoms with E-state index < -0.39 is 11.9 Å². The van der Waals surface area contributed by atoms with Crippen LogP contribution in [0.1, 0.15) is 18.9 Å². The Labute approximate surface area is 131 Å². The lowest BCUT2D eigenvalue weighted by molar-refractivity contribution is -0.148. The van der Waals surface area contributed by atoms with Gasteiger partial charge in [0.25, 0.3) is 0 Å². The smallest absolute Gasteiger partial charge is 0.306 e. The monoisotopic (exact) mass is 357 g/mol. The van der Waals surface area contributed by atoms with E-state index in [1.54, 1.807) is 11.0 Å². The van der Waals surface area contributed by atoms with Crippen molar-refractivity contribution in [3.05, 3.63) is 34.1 Å². The predicted octanol–water partition coefficient (Wildman–Crippen LogP) is 2.70. The molecule has 1 aromatic rings. The lowest BCUT2D eigenvalue weighted by Crippen LogP contribution is -2.45. The van der Waals surface area contributed by atoms with Gasteiger partial charge in [0, 0.05) is 17.6 Å². The molecule has 0 aliphatic carbocycles. The molecular weight excluding hydrogens is 341 g/mol. The third kappa shape index (κ3) is 3.81. The molecule has 1 aliphatic rings. The molecule has 1 fully saturated rings. The second-order valence-corrected chi connectivity index (χ2v) is 6.32. The Morgan fingerprint density at radius 1 is 1.48 bits per heavy atom. The molecule has 1 saturated heterocycles.